The lowest BCUT2D eigenvalue weighted by Crippen LogP contribution is -2.30. The predicted octanol–water partition coefficient (Wildman–Crippen LogP) is 3.00. The number of pyridine rings is 1. The molecule has 1 fully saturated rings. The van der Waals surface area contributed by atoms with E-state index < -0.39 is 0 Å². The van der Waals surface area contributed by atoms with E-state index in [1.807, 2.05) is 13.0 Å². The summed E-state index contributed by atoms with van der Waals surface area (Å²) in [7, 11) is 1.73. The molecule has 0 amide bonds. The molecule has 4 aromatic rings. The maximum atomic E-state index is 12.9. The van der Waals surface area contributed by atoms with Crippen molar-refractivity contribution in [3.8, 4) is 11.3 Å². The van der Waals surface area contributed by atoms with Gasteiger partial charge >= 0.3 is 5.69 Å². The Balaban J connectivity index is 1.47. The van der Waals surface area contributed by atoms with Gasteiger partial charge in [-0.2, -0.15) is 4.98 Å². The summed E-state index contributed by atoms with van der Waals surface area (Å²) in [5.41, 5.74) is 4.26. The fourth-order valence-electron chi connectivity index (χ4n) is 3.98. The van der Waals surface area contributed by atoms with E-state index in [2.05, 4.69) is 20.3 Å². The topological polar surface area (TPSA) is 117 Å². The van der Waals surface area contributed by atoms with Crippen molar-refractivity contribution in [1.82, 2.24) is 24.1 Å². The summed E-state index contributed by atoms with van der Waals surface area (Å²) in [5, 5.41) is 3.20. The van der Waals surface area contributed by atoms with E-state index in [9.17, 15) is 9.59 Å². The maximum absolute atomic E-state index is 12.9. The molecular formula is C22H22N6O4. The van der Waals surface area contributed by atoms with Crippen LogP contribution in [-0.4, -0.2) is 43.6 Å². The number of imidazole rings is 1. The van der Waals surface area contributed by atoms with Crippen molar-refractivity contribution in [3.05, 3.63) is 52.6 Å². The molecule has 0 saturated carbocycles. The van der Waals surface area contributed by atoms with Crippen molar-refractivity contribution in [1.29, 1.82) is 0 Å². The van der Waals surface area contributed by atoms with Gasteiger partial charge in [0.25, 0.3) is 0 Å². The van der Waals surface area contributed by atoms with Crippen molar-refractivity contribution in [3.63, 3.8) is 0 Å². The largest absolute Gasteiger partial charge is 0.461 e. The molecule has 0 aromatic carbocycles. The van der Waals surface area contributed by atoms with Crippen molar-refractivity contribution in [2.75, 3.05) is 18.5 Å². The second-order valence-corrected chi connectivity index (χ2v) is 7.82. The molecule has 4 aromatic heterocycles. The summed E-state index contributed by atoms with van der Waals surface area (Å²) in [4.78, 5) is 37.2. The first-order valence-corrected chi connectivity index (χ1v) is 10.3. The molecule has 0 aliphatic carbocycles. The standard InChI is InChI=1S/C22H22N6O4/c1-13-7-17(14-8-16(11-29)32-12-14)23-9-18(13)25-21-24-10-19-20(26-21)28(22(30)27(19)2)15-3-5-31-6-4-15/h7-12,15H,3-6H2,1-2H3,(H,24,25,26). The van der Waals surface area contributed by atoms with Gasteiger partial charge in [-0.3, -0.25) is 18.9 Å². The fraction of sp³-hybridized carbons (Fsp3) is 0.318. The molecule has 0 bridgehead atoms. The summed E-state index contributed by atoms with van der Waals surface area (Å²) in [5.74, 6) is 0.634. The quantitative estimate of drug-likeness (QED) is 0.477. The van der Waals surface area contributed by atoms with E-state index in [0.717, 1.165) is 29.7 Å². The molecule has 5 heterocycles. The molecule has 0 unspecified atom stereocenters. The van der Waals surface area contributed by atoms with Gasteiger partial charge in [-0.15, -0.1) is 0 Å². The molecule has 1 saturated heterocycles. The van der Waals surface area contributed by atoms with Crippen molar-refractivity contribution >= 4 is 29.1 Å². The van der Waals surface area contributed by atoms with Crippen molar-refractivity contribution in [2.24, 2.45) is 7.05 Å². The SMILES string of the molecule is Cc1cc(-c2coc(C=O)c2)ncc1Nc1ncc2c(n1)n(C1CCOCC1)c(=O)n2C. The highest BCUT2D eigenvalue weighted by molar-refractivity contribution is 5.76. The van der Waals surface area contributed by atoms with E-state index in [4.69, 9.17) is 9.15 Å². The van der Waals surface area contributed by atoms with Gasteiger partial charge in [-0.05, 0) is 37.5 Å². The second kappa shape index (κ2) is 8.04. The van der Waals surface area contributed by atoms with Crippen LogP contribution in [0.1, 0.15) is 35.0 Å². The number of carbonyl (C=O) groups excluding carboxylic acids is 1. The summed E-state index contributed by atoms with van der Waals surface area (Å²) in [6.07, 6.45) is 7.05. The highest BCUT2D eigenvalue weighted by Gasteiger charge is 2.23. The Labute approximate surface area is 182 Å². The summed E-state index contributed by atoms with van der Waals surface area (Å²) in [6.45, 7) is 3.20. The molecule has 0 spiro atoms. The summed E-state index contributed by atoms with van der Waals surface area (Å²) < 4.78 is 13.9. The van der Waals surface area contributed by atoms with E-state index in [0.29, 0.717) is 42.3 Å². The minimum absolute atomic E-state index is 0.0524. The number of rotatable bonds is 5. The highest BCUT2D eigenvalue weighted by atomic mass is 16.5. The van der Waals surface area contributed by atoms with Crippen LogP contribution >= 0.6 is 0 Å². The molecule has 0 atom stereocenters. The zero-order valence-corrected chi connectivity index (χ0v) is 17.7. The number of nitrogens with one attached hydrogen (secondary N) is 1. The molecule has 1 aliphatic heterocycles. The minimum atomic E-state index is -0.102. The van der Waals surface area contributed by atoms with Crippen LogP contribution in [0.3, 0.4) is 0 Å². The maximum Gasteiger partial charge on any atom is 0.330 e. The number of anilines is 2. The zero-order valence-electron chi connectivity index (χ0n) is 17.7. The van der Waals surface area contributed by atoms with E-state index >= 15 is 0 Å². The lowest BCUT2D eigenvalue weighted by Gasteiger charge is -2.22. The Morgan fingerprint density at radius 3 is 2.72 bits per heavy atom. The van der Waals surface area contributed by atoms with Gasteiger partial charge in [-0.25, -0.2) is 9.78 Å². The van der Waals surface area contributed by atoms with E-state index in [1.165, 1.54) is 6.26 Å². The smallest absolute Gasteiger partial charge is 0.330 e. The third-order valence-electron chi connectivity index (χ3n) is 5.78. The number of aryl methyl sites for hydroxylation is 2. The van der Waals surface area contributed by atoms with Crippen LogP contribution in [0.25, 0.3) is 22.4 Å². The number of carbonyl (C=O) groups is 1. The Morgan fingerprint density at radius 1 is 1.19 bits per heavy atom. The van der Waals surface area contributed by atoms with Crippen molar-refractivity contribution in [2.45, 2.75) is 25.8 Å². The van der Waals surface area contributed by atoms with Crippen LogP contribution in [0.2, 0.25) is 0 Å². The van der Waals surface area contributed by atoms with Crippen LogP contribution in [0.15, 0.2) is 40.0 Å². The number of aromatic nitrogens is 5. The molecule has 164 valence electrons. The zero-order chi connectivity index (χ0) is 22.2. The number of aldehydes is 1. The number of hydrogen-bond acceptors (Lipinski definition) is 8. The molecule has 10 heteroatoms. The van der Waals surface area contributed by atoms with Gasteiger partial charge < -0.3 is 14.5 Å². The number of nitrogens with zero attached hydrogens (tertiary/aromatic N) is 5. The second-order valence-electron chi connectivity index (χ2n) is 7.82. The average molecular weight is 434 g/mol. The summed E-state index contributed by atoms with van der Waals surface area (Å²) >= 11 is 0. The highest BCUT2D eigenvalue weighted by Crippen LogP contribution is 2.27. The number of ether oxygens (including phenoxy) is 1. The number of hydrogen-bond donors (Lipinski definition) is 1. The van der Waals surface area contributed by atoms with Gasteiger partial charge in [-0.1, -0.05) is 0 Å². The lowest BCUT2D eigenvalue weighted by atomic mass is 10.1. The minimum Gasteiger partial charge on any atom is -0.461 e. The number of furan rings is 1. The first kappa shape index (κ1) is 20.1. The van der Waals surface area contributed by atoms with Gasteiger partial charge in [0.1, 0.15) is 11.8 Å². The molecule has 10 nitrogen and oxygen atoms in total. The normalized spacial score (nSPS) is 14.7. The first-order chi connectivity index (χ1) is 15.5. The summed E-state index contributed by atoms with van der Waals surface area (Å²) in [6, 6.07) is 3.58. The number of fused-ring (bicyclic) bond motifs is 1. The van der Waals surface area contributed by atoms with Gasteiger partial charge in [0.2, 0.25) is 5.95 Å². The lowest BCUT2D eigenvalue weighted by molar-refractivity contribution is 0.0695. The predicted molar refractivity (Wildman–Crippen MR) is 117 cm³/mol. The fourth-order valence-corrected chi connectivity index (χ4v) is 3.98. The van der Waals surface area contributed by atoms with E-state index in [1.54, 1.807) is 34.6 Å². The molecular weight excluding hydrogens is 412 g/mol. The Kier molecular flexibility index (Phi) is 5.06. The van der Waals surface area contributed by atoms with Crippen LogP contribution in [0, 0.1) is 6.92 Å². The third-order valence-corrected chi connectivity index (χ3v) is 5.78. The molecule has 0 radical (unpaired) electrons. The molecule has 1 N–H and O–H groups in total. The van der Waals surface area contributed by atoms with Gasteiger partial charge in [0.05, 0.1) is 23.8 Å². The average Bonchev–Trinajstić information content (AvgIpc) is 3.39. The molecule has 1 aliphatic rings. The molecule has 5 rings (SSSR count). The van der Waals surface area contributed by atoms with Gasteiger partial charge in [0, 0.05) is 31.9 Å². The molecule has 32 heavy (non-hydrogen) atoms. The third kappa shape index (κ3) is 3.48. The van der Waals surface area contributed by atoms with Crippen LogP contribution in [0.5, 0.6) is 0 Å². The van der Waals surface area contributed by atoms with E-state index in [-0.39, 0.29) is 17.5 Å². The van der Waals surface area contributed by atoms with Gasteiger partial charge in [0.15, 0.2) is 17.7 Å². The van der Waals surface area contributed by atoms with Crippen LogP contribution in [-0.2, 0) is 11.8 Å². The first-order valence-electron chi connectivity index (χ1n) is 10.3. The monoisotopic (exact) mass is 434 g/mol. The Morgan fingerprint density at radius 2 is 2.00 bits per heavy atom. The van der Waals surface area contributed by atoms with Crippen LogP contribution < -0.4 is 11.0 Å². The van der Waals surface area contributed by atoms with Crippen LogP contribution in [0.4, 0.5) is 11.6 Å². The Bertz CT molecular complexity index is 1360. The van der Waals surface area contributed by atoms with Crippen molar-refractivity contribution < 1.29 is 13.9 Å². The Hall–Kier alpha value is -3.79.